The van der Waals surface area contributed by atoms with Crippen molar-refractivity contribution >= 4 is 5.91 Å². The third kappa shape index (κ3) is 4.23. The SMILES string of the molecule is CCN(CC)C1CCOC2(CCN(C(=O)c3cc(-c4ccccc4)n[nH]3)CC2)C1. The molecule has 0 bridgehead atoms. The normalized spacial score (nSPS) is 21.6. The second kappa shape index (κ2) is 8.67. The van der Waals surface area contributed by atoms with Gasteiger partial charge in [0, 0.05) is 31.3 Å². The zero-order valence-corrected chi connectivity index (χ0v) is 17.6. The lowest BCUT2D eigenvalue weighted by molar-refractivity contribution is -0.129. The fourth-order valence-electron chi connectivity index (χ4n) is 4.88. The molecule has 1 atom stereocenters. The summed E-state index contributed by atoms with van der Waals surface area (Å²) in [5.41, 5.74) is 2.31. The Morgan fingerprint density at radius 2 is 1.97 bits per heavy atom. The van der Waals surface area contributed by atoms with Gasteiger partial charge in [0.1, 0.15) is 5.69 Å². The molecule has 4 rings (SSSR count). The van der Waals surface area contributed by atoms with Crippen molar-refractivity contribution in [3.05, 3.63) is 42.1 Å². The number of benzene rings is 1. The van der Waals surface area contributed by atoms with Crippen molar-refractivity contribution in [2.24, 2.45) is 0 Å². The first-order chi connectivity index (χ1) is 14.1. The zero-order chi connectivity index (χ0) is 20.3. The number of nitrogens with zero attached hydrogens (tertiary/aromatic N) is 3. The van der Waals surface area contributed by atoms with Crippen LogP contribution in [0.1, 0.15) is 50.0 Å². The van der Waals surface area contributed by atoms with E-state index >= 15 is 0 Å². The average molecular weight is 397 g/mol. The zero-order valence-electron chi connectivity index (χ0n) is 17.6. The largest absolute Gasteiger partial charge is 0.375 e. The van der Waals surface area contributed by atoms with E-state index in [4.69, 9.17) is 4.74 Å². The molecule has 1 N–H and O–H groups in total. The number of H-pyrrole nitrogens is 1. The molecule has 6 nitrogen and oxygen atoms in total. The summed E-state index contributed by atoms with van der Waals surface area (Å²) in [5, 5.41) is 7.26. The van der Waals surface area contributed by atoms with Gasteiger partial charge in [-0.2, -0.15) is 5.10 Å². The van der Waals surface area contributed by atoms with Crippen LogP contribution in [0.15, 0.2) is 36.4 Å². The molecule has 6 heteroatoms. The number of carbonyl (C=O) groups excluding carboxylic acids is 1. The van der Waals surface area contributed by atoms with Crippen LogP contribution in [-0.2, 0) is 4.74 Å². The molecule has 1 spiro atoms. The van der Waals surface area contributed by atoms with Gasteiger partial charge >= 0.3 is 0 Å². The predicted molar refractivity (Wildman–Crippen MR) is 114 cm³/mol. The van der Waals surface area contributed by atoms with Crippen LogP contribution in [0.5, 0.6) is 0 Å². The highest BCUT2D eigenvalue weighted by Gasteiger charge is 2.42. The highest BCUT2D eigenvalue weighted by molar-refractivity contribution is 5.93. The van der Waals surface area contributed by atoms with Crippen LogP contribution in [0.3, 0.4) is 0 Å². The maximum atomic E-state index is 13.0. The van der Waals surface area contributed by atoms with Gasteiger partial charge in [-0.3, -0.25) is 9.89 Å². The third-order valence-electron chi connectivity index (χ3n) is 6.64. The minimum Gasteiger partial charge on any atom is -0.375 e. The molecule has 0 radical (unpaired) electrons. The molecule has 156 valence electrons. The fraction of sp³-hybridized carbons (Fsp3) is 0.565. The number of nitrogens with one attached hydrogen (secondary N) is 1. The number of carbonyl (C=O) groups is 1. The average Bonchev–Trinajstić information content (AvgIpc) is 3.26. The van der Waals surface area contributed by atoms with Crippen molar-refractivity contribution in [2.75, 3.05) is 32.8 Å². The van der Waals surface area contributed by atoms with E-state index in [0.717, 1.165) is 69.7 Å². The van der Waals surface area contributed by atoms with Crippen molar-refractivity contribution in [2.45, 2.75) is 51.2 Å². The maximum absolute atomic E-state index is 13.0. The van der Waals surface area contributed by atoms with Crippen molar-refractivity contribution in [1.82, 2.24) is 20.0 Å². The van der Waals surface area contributed by atoms with E-state index in [-0.39, 0.29) is 11.5 Å². The van der Waals surface area contributed by atoms with E-state index in [1.54, 1.807) is 0 Å². The quantitative estimate of drug-likeness (QED) is 0.839. The first-order valence-electron chi connectivity index (χ1n) is 10.9. The van der Waals surface area contributed by atoms with Crippen LogP contribution in [0.4, 0.5) is 0 Å². The number of ether oxygens (including phenoxy) is 1. The van der Waals surface area contributed by atoms with Crippen LogP contribution < -0.4 is 0 Å². The van der Waals surface area contributed by atoms with E-state index in [1.165, 1.54) is 0 Å². The smallest absolute Gasteiger partial charge is 0.271 e. The van der Waals surface area contributed by atoms with Crippen molar-refractivity contribution in [3.8, 4) is 11.3 Å². The minimum absolute atomic E-state index is 0.0330. The van der Waals surface area contributed by atoms with Crippen LogP contribution in [0.25, 0.3) is 11.3 Å². The summed E-state index contributed by atoms with van der Waals surface area (Å²) < 4.78 is 6.29. The molecular weight excluding hydrogens is 364 g/mol. The molecule has 2 aromatic rings. The molecule has 1 aromatic carbocycles. The molecule has 1 amide bonds. The Morgan fingerprint density at radius 3 is 2.66 bits per heavy atom. The Bertz CT molecular complexity index is 807. The van der Waals surface area contributed by atoms with Gasteiger partial charge < -0.3 is 14.5 Å². The van der Waals surface area contributed by atoms with Gasteiger partial charge in [0.25, 0.3) is 5.91 Å². The highest BCUT2D eigenvalue weighted by Crippen LogP contribution is 2.37. The summed E-state index contributed by atoms with van der Waals surface area (Å²) in [5.74, 6) is 0.0330. The number of aromatic nitrogens is 2. The lowest BCUT2D eigenvalue weighted by atomic mass is 9.81. The Kier molecular flexibility index (Phi) is 6.01. The van der Waals surface area contributed by atoms with Gasteiger partial charge in [-0.1, -0.05) is 44.2 Å². The molecule has 2 aliphatic rings. The predicted octanol–water partition coefficient (Wildman–Crippen LogP) is 3.57. The Labute approximate surface area is 173 Å². The Hall–Kier alpha value is -2.18. The summed E-state index contributed by atoms with van der Waals surface area (Å²) in [6, 6.07) is 12.4. The summed E-state index contributed by atoms with van der Waals surface area (Å²) in [6.07, 6.45) is 4.02. The first-order valence-corrected chi connectivity index (χ1v) is 10.9. The van der Waals surface area contributed by atoms with E-state index in [2.05, 4.69) is 28.9 Å². The summed E-state index contributed by atoms with van der Waals surface area (Å²) in [7, 11) is 0. The first kappa shape index (κ1) is 20.1. The molecule has 3 heterocycles. The Morgan fingerprint density at radius 1 is 1.24 bits per heavy atom. The molecular formula is C23H32N4O2. The van der Waals surface area contributed by atoms with Gasteiger partial charge in [0.15, 0.2) is 0 Å². The third-order valence-corrected chi connectivity index (χ3v) is 6.64. The minimum atomic E-state index is -0.0640. The van der Waals surface area contributed by atoms with Crippen molar-refractivity contribution in [3.63, 3.8) is 0 Å². The van der Waals surface area contributed by atoms with Crippen LogP contribution >= 0.6 is 0 Å². The van der Waals surface area contributed by atoms with Crippen molar-refractivity contribution in [1.29, 1.82) is 0 Å². The summed E-state index contributed by atoms with van der Waals surface area (Å²) >= 11 is 0. The van der Waals surface area contributed by atoms with E-state index in [9.17, 15) is 4.79 Å². The number of aromatic amines is 1. The Balaban J connectivity index is 1.38. The number of hydrogen-bond donors (Lipinski definition) is 1. The topological polar surface area (TPSA) is 61.5 Å². The van der Waals surface area contributed by atoms with Crippen LogP contribution in [0.2, 0.25) is 0 Å². The standard InChI is InChI=1S/C23H32N4O2/c1-3-26(4-2)19-10-15-29-23(17-19)11-13-27(14-12-23)22(28)21-16-20(24-25-21)18-8-6-5-7-9-18/h5-9,16,19H,3-4,10-15,17H2,1-2H3,(H,24,25). The number of hydrogen-bond acceptors (Lipinski definition) is 4. The number of piperidine rings is 1. The lowest BCUT2D eigenvalue weighted by Gasteiger charge is -2.48. The maximum Gasteiger partial charge on any atom is 0.271 e. The molecule has 0 saturated carbocycles. The number of rotatable bonds is 5. The second-order valence-corrected chi connectivity index (χ2v) is 8.22. The van der Waals surface area contributed by atoms with Gasteiger partial charge in [0.2, 0.25) is 0 Å². The lowest BCUT2D eigenvalue weighted by Crippen LogP contribution is -2.54. The molecule has 0 aliphatic carbocycles. The molecule has 29 heavy (non-hydrogen) atoms. The number of likely N-dealkylation sites (tertiary alicyclic amines) is 1. The second-order valence-electron chi connectivity index (χ2n) is 8.22. The molecule has 1 aromatic heterocycles. The van der Waals surface area contributed by atoms with Gasteiger partial charge in [-0.05, 0) is 44.8 Å². The molecule has 2 fully saturated rings. The van der Waals surface area contributed by atoms with Gasteiger partial charge in [-0.15, -0.1) is 0 Å². The van der Waals surface area contributed by atoms with Crippen molar-refractivity contribution < 1.29 is 9.53 Å². The van der Waals surface area contributed by atoms with E-state index in [1.807, 2.05) is 41.3 Å². The van der Waals surface area contributed by atoms with Crippen LogP contribution in [0, 0.1) is 0 Å². The van der Waals surface area contributed by atoms with Crippen LogP contribution in [-0.4, -0.2) is 70.3 Å². The van der Waals surface area contributed by atoms with Gasteiger partial charge in [0.05, 0.1) is 11.3 Å². The fourth-order valence-corrected chi connectivity index (χ4v) is 4.88. The van der Waals surface area contributed by atoms with Gasteiger partial charge in [-0.25, -0.2) is 0 Å². The number of amides is 1. The molecule has 2 aliphatic heterocycles. The van der Waals surface area contributed by atoms with E-state index in [0.29, 0.717) is 11.7 Å². The monoisotopic (exact) mass is 396 g/mol. The summed E-state index contributed by atoms with van der Waals surface area (Å²) in [4.78, 5) is 17.5. The van der Waals surface area contributed by atoms with E-state index < -0.39 is 0 Å². The summed E-state index contributed by atoms with van der Waals surface area (Å²) in [6.45, 7) is 8.96. The highest BCUT2D eigenvalue weighted by atomic mass is 16.5. The molecule has 1 unspecified atom stereocenters. The molecule has 2 saturated heterocycles.